The number of aryl methyl sites for hydroxylation is 2. The van der Waals surface area contributed by atoms with E-state index in [-0.39, 0.29) is 28.6 Å². The van der Waals surface area contributed by atoms with Crippen LogP contribution in [0.25, 0.3) is 0 Å². The summed E-state index contributed by atoms with van der Waals surface area (Å²) < 4.78 is 31.9. The molecule has 8 nitrogen and oxygen atoms in total. The van der Waals surface area contributed by atoms with Crippen molar-refractivity contribution in [2.45, 2.75) is 26.8 Å². The molecule has 152 valence electrons. The first-order chi connectivity index (χ1) is 13.8. The molecule has 1 aromatic carbocycles. The summed E-state index contributed by atoms with van der Waals surface area (Å²) in [6, 6.07) is 2.67. The van der Waals surface area contributed by atoms with Crippen LogP contribution in [0.2, 0.25) is 5.02 Å². The molecule has 0 aliphatic carbocycles. The highest BCUT2D eigenvalue weighted by Crippen LogP contribution is 2.21. The van der Waals surface area contributed by atoms with Gasteiger partial charge in [-0.1, -0.05) is 18.5 Å². The van der Waals surface area contributed by atoms with E-state index in [0.717, 1.165) is 5.69 Å². The molecule has 3 rings (SSSR count). The van der Waals surface area contributed by atoms with Gasteiger partial charge in [0.25, 0.3) is 11.8 Å². The number of nitrogens with one attached hydrogen (secondary N) is 3. The lowest BCUT2D eigenvalue weighted by Gasteiger charge is -2.05. The van der Waals surface area contributed by atoms with Crippen molar-refractivity contribution < 1.29 is 22.8 Å². The van der Waals surface area contributed by atoms with Crippen LogP contribution in [-0.2, 0) is 13.0 Å². The molecule has 0 radical (unpaired) electrons. The highest BCUT2D eigenvalue weighted by Gasteiger charge is 2.18. The smallest absolute Gasteiger partial charge is 0.272 e. The van der Waals surface area contributed by atoms with Crippen LogP contribution < -0.4 is 10.6 Å². The van der Waals surface area contributed by atoms with E-state index in [1.165, 1.54) is 6.07 Å². The van der Waals surface area contributed by atoms with Gasteiger partial charge in [-0.05, 0) is 18.6 Å². The SMILES string of the molecule is CCc1nc(C)oc1CNC(=O)c1cc(NC(=O)c2cc(F)c(F)cc2Cl)[nH]n1. The van der Waals surface area contributed by atoms with Crippen LogP contribution in [0.3, 0.4) is 0 Å². The Morgan fingerprint density at radius 2 is 1.93 bits per heavy atom. The third kappa shape index (κ3) is 4.60. The number of aromatic nitrogens is 3. The molecule has 2 heterocycles. The second kappa shape index (κ2) is 8.39. The first-order valence-electron chi connectivity index (χ1n) is 8.53. The molecular weight excluding hydrogens is 408 g/mol. The van der Waals surface area contributed by atoms with Crippen LogP contribution >= 0.6 is 11.6 Å². The molecule has 29 heavy (non-hydrogen) atoms. The minimum atomic E-state index is -1.21. The number of carbonyl (C=O) groups excluding carboxylic acids is 2. The summed E-state index contributed by atoms with van der Waals surface area (Å²) in [7, 11) is 0. The summed E-state index contributed by atoms with van der Waals surface area (Å²) in [5.74, 6) is -2.55. The summed E-state index contributed by atoms with van der Waals surface area (Å²) in [5, 5.41) is 11.0. The predicted octanol–water partition coefficient (Wildman–Crippen LogP) is 3.38. The number of hydrogen-bond donors (Lipinski definition) is 3. The number of anilines is 1. The fourth-order valence-corrected chi connectivity index (χ4v) is 2.80. The molecule has 0 saturated carbocycles. The van der Waals surface area contributed by atoms with Crippen LogP contribution in [0, 0.1) is 18.6 Å². The quantitative estimate of drug-likeness (QED) is 0.526. The van der Waals surface area contributed by atoms with Crippen LogP contribution in [0.5, 0.6) is 0 Å². The lowest BCUT2D eigenvalue weighted by Crippen LogP contribution is -2.23. The van der Waals surface area contributed by atoms with E-state index in [9.17, 15) is 18.4 Å². The molecule has 0 aliphatic heterocycles. The molecular formula is C18H16ClF2N5O3. The Morgan fingerprint density at radius 1 is 1.21 bits per heavy atom. The molecule has 0 atom stereocenters. The molecule has 0 bridgehead atoms. The lowest BCUT2D eigenvalue weighted by atomic mass is 10.2. The highest BCUT2D eigenvalue weighted by molar-refractivity contribution is 6.34. The number of nitrogens with zero attached hydrogens (tertiary/aromatic N) is 2. The Balaban J connectivity index is 1.65. The number of aromatic amines is 1. The van der Waals surface area contributed by atoms with Crippen LogP contribution in [0.4, 0.5) is 14.6 Å². The summed E-state index contributed by atoms with van der Waals surface area (Å²) in [6.07, 6.45) is 0.660. The maximum atomic E-state index is 13.3. The predicted molar refractivity (Wildman–Crippen MR) is 99.7 cm³/mol. The van der Waals surface area contributed by atoms with Gasteiger partial charge in [0.2, 0.25) is 0 Å². The molecule has 11 heteroatoms. The second-order valence-electron chi connectivity index (χ2n) is 6.01. The zero-order chi connectivity index (χ0) is 21.1. The van der Waals surface area contributed by atoms with Crippen molar-refractivity contribution in [2.24, 2.45) is 0 Å². The first kappa shape index (κ1) is 20.5. The van der Waals surface area contributed by atoms with Crippen molar-refractivity contribution in [1.82, 2.24) is 20.5 Å². The normalized spacial score (nSPS) is 10.8. The van der Waals surface area contributed by atoms with Crippen molar-refractivity contribution in [3.8, 4) is 0 Å². The standard InChI is InChI=1S/C18H16ClF2N5O3/c1-3-13-15(29-8(2)23-13)7-22-18(28)14-6-16(26-25-14)24-17(27)9-4-11(20)12(21)5-10(9)19/h4-6H,3,7H2,1-2H3,(H,22,28)(H2,24,25,26,27). The van der Waals surface area contributed by atoms with Crippen molar-refractivity contribution in [1.29, 1.82) is 0 Å². The van der Waals surface area contributed by atoms with E-state index in [1.807, 2.05) is 6.92 Å². The maximum Gasteiger partial charge on any atom is 0.272 e. The largest absolute Gasteiger partial charge is 0.444 e. The van der Waals surface area contributed by atoms with E-state index in [1.54, 1.807) is 6.92 Å². The van der Waals surface area contributed by atoms with Crippen LogP contribution in [-0.4, -0.2) is 27.0 Å². The topological polar surface area (TPSA) is 113 Å². The molecule has 2 aromatic heterocycles. The summed E-state index contributed by atoms with van der Waals surface area (Å²) in [5.41, 5.74) is 0.492. The Bertz CT molecular complexity index is 1080. The number of H-pyrrole nitrogens is 1. The fraction of sp³-hybridized carbons (Fsp3) is 0.222. The molecule has 0 unspecified atom stereocenters. The van der Waals surface area contributed by atoms with Gasteiger partial charge >= 0.3 is 0 Å². The third-order valence-electron chi connectivity index (χ3n) is 3.94. The number of rotatable bonds is 6. The average Bonchev–Trinajstić information content (AvgIpc) is 3.28. The van der Waals surface area contributed by atoms with Crippen molar-refractivity contribution in [3.05, 3.63) is 63.5 Å². The number of halogens is 3. The molecule has 3 aromatic rings. The summed E-state index contributed by atoms with van der Waals surface area (Å²) in [4.78, 5) is 28.7. The Labute approximate surface area is 168 Å². The Morgan fingerprint density at radius 3 is 2.66 bits per heavy atom. The Kier molecular flexibility index (Phi) is 5.92. The van der Waals surface area contributed by atoms with Gasteiger partial charge in [0.1, 0.15) is 11.6 Å². The number of oxazole rings is 1. The zero-order valence-corrected chi connectivity index (χ0v) is 16.2. The molecule has 0 saturated heterocycles. The average molecular weight is 424 g/mol. The van der Waals surface area contributed by atoms with Crippen molar-refractivity contribution in [2.75, 3.05) is 5.32 Å². The Hall–Kier alpha value is -3.27. The maximum absolute atomic E-state index is 13.3. The zero-order valence-electron chi connectivity index (χ0n) is 15.4. The molecule has 2 amide bonds. The van der Waals surface area contributed by atoms with E-state index >= 15 is 0 Å². The van der Waals surface area contributed by atoms with E-state index in [2.05, 4.69) is 25.8 Å². The van der Waals surface area contributed by atoms with Crippen LogP contribution in [0.1, 0.15) is 45.1 Å². The summed E-state index contributed by atoms with van der Waals surface area (Å²) in [6.45, 7) is 3.76. The van der Waals surface area contributed by atoms with Gasteiger partial charge in [-0.3, -0.25) is 14.7 Å². The number of benzene rings is 1. The molecule has 0 fully saturated rings. The number of carbonyl (C=O) groups is 2. The number of amides is 2. The highest BCUT2D eigenvalue weighted by atomic mass is 35.5. The minimum absolute atomic E-state index is 0.00553. The van der Waals surface area contributed by atoms with Gasteiger partial charge in [-0.2, -0.15) is 5.10 Å². The second-order valence-corrected chi connectivity index (χ2v) is 6.41. The van der Waals surface area contributed by atoms with Crippen molar-refractivity contribution >= 4 is 29.2 Å². The van der Waals surface area contributed by atoms with Crippen molar-refractivity contribution in [3.63, 3.8) is 0 Å². The van der Waals surface area contributed by atoms with Gasteiger partial charge in [-0.15, -0.1) is 0 Å². The van der Waals surface area contributed by atoms with Crippen LogP contribution in [0.15, 0.2) is 22.6 Å². The first-order valence-corrected chi connectivity index (χ1v) is 8.91. The number of hydrogen-bond acceptors (Lipinski definition) is 5. The van der Waals surface area contributed by atoms with Gasteiger partial charge in [0.05, 0.1) is 22.8 Å². The molecule has 0 spiro atoms. The molecule has 3 N–H and O–H groups in total. The molecule has 0 aliphatic rings. The van der Waals surface area contributed by atoms with Gasteiger partial charge in [0, 0.05) is 13.0 Å². The minimum Gasteiger partial charge on any atom is -0.444 e. The van der Waals surface area contributed by atoms with E-state index < -0.39 is 23.4 Å². The lowest BCUT2D eigenvalue weighted by molar-refractivity contribution is 0.0942. The summed E-state index contributed by atoms with van der Waals surface area (Å²) >= 11 is 5.77. The fourth-order valence-electron chi connectivity index (χ4n) is 2.57. The monoisotopic (exact) mass is 423 g/mol. The van der Waals surface area contributed by atoms with E-state index in [4.69, 9.17) is 16.0 Å². The van der Waals surface area contributed by atoms with Gasteiger partial charge in [-0.25, -0.2) is 13.8 Å². The van der Waals surface area contributed by atoms with Gasteiger partial charge in [0.15, 0.2) is 23.2 Å². The third-order valence-corrected chi connectivity index (χ3v) is 4.26. The van der Waals surface area contributed by atoms with Gasteiger partial charge < -0.3 is 15.1 Å². The van der Waals surface area contributed by atoms with E-state index in [0.29, 0.717) is 30.2 Å².